The first-order valence-electron chi connectivity index (χ1n) is 16.9. The van der Waals surface area contributed by atoms with Crippen molar-refractivity contribution in [1.29, 1.82) is 0 Å². The Morgan fingerprint density at radius 1 is 0.800 bits per heavy atom. The molecular weight excluding hydrogens is 564 g/mol. The van der Waals surface area contributed by atoms with Crippen molar-refractivity contribution in [2.75, 3.05) is 31.7 Å². The van der Waals surface area contributed by atoms with Crippen molar-refractivity contribution in [1.82, 2.24) is 15.6 Å². The van der Waals surface area contributed by atoms with Crippen LogP contribution in [0.5, 0.6) is 5.75 Å². The maximum absolute atomic E-state index is 12.9. The number of amides is 3. The van der Waals surface area contributed by atoms with Crippen LogP contribution in [-0.4, -0.2) is 49.0 Å². The molecule has 0 aliphatic rings. The number of hydrogen-bond donors (Lipinski definition) is 3. The van der Waals surface area contributed by atoms with Crippen LogP contribution in [0.3, 0.4) is 0 Å². The Labute approximate surface area is 271 Å². The van der Waals surface area contributed by atoms with E-state index in [-0.39, 0.29) is 30.2 Å². The lowest BCUT2D eigenvalue weighted by Gasteiger charge is -2.26. The van der Waals surface area contributed by atoms with Gasteiger partial charge in [0, 0.05) is 25.6 Å². The molecule has 2 aromatic rings. The summed E-state index contributed by atoms with van der Waals surface area (Å²) in [7, 11) is 0. The third-order valence-electron chi connectivity index (χ3n) is 7.28. The van der Waals surface area contributed by atoms with E-state index >= 15 is 0 Å². The van der Waals surface area contributed by atoms with Crippen LogP contribution in [0.2, 0.25) is 0 Å². The zero-order chi connectivity index (χ0) is 32.5. The lowest BCUT2D eigenvalue weighted by Crippen LogP contribution is -2.44. The highest BCUT2D eigenvalue weighted by Crippen LogP contribution is 2.17. The molecular formula is C37H56N4O4. The lowest BCUT2D eigenvalue weighted by atomic mass is 10.1. The quantitative estimate of drug-likeness (QED) is 0.0640. The number of ether oxygens (including phenoxy) is 1. The second-order valence-corrected chi connectivity index (χ2v) is 12.0. The molecule has 0 atom stereocenters. The summed E-state index contributed by atoms with van der Waals surface area (Å²) in [5.74, 6) is 0.435. The molecule has 0 radical (unpaired) electrons. The normalized spacial score (nSPS) is 11.0. The summed E-state index contributed by atoms with van der Waals surface area (Å²) in [4.78, 5) is 37.2. The molecule has 0 aliphatic heterocycles. The highest BCUT2D eigenvalue weighted by atomic mass is 16.5. The number of unbranched alkanes of at least 4 members (excludes halogenated alkanes) is 9. The number of nitrogens with one attached hydrogen (secondary N) is 3. The molecule has 3 N–H and O–H groups in total. The fourth-order valence-electron chi connectivity index (χ4n) is 4.76. The third-order valence-corrected chi connectivity index (χ3v) is 7.28. The van der Waals surface area contributed by atoms with Crippen LogP contribution < -0.4 is 20.8 Å². The zero-order valence-electron chi connectivity index (χ0n) is 27.8. The van der Waals surface area contributed by atoms with Gasteiger partial charge in [0.15, 0.2) is 0 Å². The van der Waals surface area contributed by atoms with E-state index in [0.717, 1.165) is 24.2 Å². The maximum atomic E-state index is 12.9. The van der Waals surface area contributed by atoms with Crippen LogP contribution in [0.4, 0.5) is 5.69 Å². The van der Waals surface area contributed by atoms with Gasteiger partial charge in [-0.15, -0.1) is 0 Å². The zero-order valence-corrected chi connectivity index (χ0v) is 27.8. The first-order valence-corrected chi connectivity index (χ1v) is 16.9. The molecule has 45 heavy (non-hydrogen) atoms. The number of carbonyl (C=O) groups excluding carboxylic acids is 3. The predicted molar refractivity (Wildman–Crippen MR) is 185 cm³/mol. The van der Waals surface area contributed by atoms with E-state index in [1.807, 2.05) is 68.4 Å². The van der Waals surface area contributed by atoms with E-state index in [4.69, 9.17) is 4.74 Å². The fraction of sp³-hybridized carbons (Fsp3) is 0.541. The molecule has 0 bridgehead atoms. The number of anilines is 1. The predicted octanol–water partition coefficient (Wildman–Crippen LogP) is 7.52. The summed E-state index contributed by atoms with van der Waals surface area (Å²) in [5.41, 5.74) is 4.80. The number of nitrogens with zero attached hydrogens (tertiary/aromatic N) is 1. The SMILES string of the molecule is CCCCCCCCCCCCNC(=O)CCCOc1ccc(NN(CC(C)C)C(=O)CNC(=O)C=Cc2ccccc2)cc1. The first kappa shape index (κ1) is 37.4. The standard InChI is InChI=1S/C37H56N4O4/c1-4-5-6-7-8-9-10-11-12-16-27-38-35(42)20-17-28-45-34-24-22-33(23-25-34)40-41(30-31(2)3)37(44)29-39-36(43)26-21-32-18-14-13-15-19-32/h13-15,18-19,21-26,31,40H,4-12,16-17,20,27-30H2,1-3H3,(H,38,42)(H,39,43). The summed E-state index contributed by atoms with van der Waals surface area (Å²) in [6, 6.07) is 16.9. The molecule has 0 unspecified atom stereocenters. The van der Waals surface area contributed by atoms with Gasteiger partial charge in [-0.3, -0.25) is 24.8 Å². The molecule has 8 heteroatoms. The molecule has 248 valence electrons. The van der Waals surface area contributed by atoms with E-state index in [0.29, 0.717) is 31.7 Å². The van der Waals surface area contributed by atoms with Gasteiger partial charge in [-0.1, -0.05) is 109 Å². The first-order chi connectivity index (χ1) is 21.9. The molecule has 0 spiro atoms. The Morgan fingerprint density at radius 3 is 2.09 bits per heavy atom. The topological polar surface area (TPSA) is 99.8 Å². The Kier molecular flexibility index (Phi) is 19.6. The van der Waals surface area contributed by atoms with Crippen molar-refractivity contribution in [3.8, 4) is 5.75 Å². The second kappa shape index (κ2) is 23.6. The van der Waals surface area contributed by atoms with Crippen LogP contribution in [0.1, 0.15) is 103 Å². The largest absolute Gasteiger partial charge is 0.494 e. The molecule has 2 aromatic carbocycles. The van der Waals surface area contributed by atoms with E-state index in [1.165, 1.54) is 68.9 Å². The molecule has 2 rings (SSSR count). The van der Waals surface area contributed by atoms with Gasteiger partial charge in [0.1, 0.15) is 5.75 Å². The van der Waals surface area contributed by atoms with Crippen LogP contribution in [0.25, 0.3) is 6.08 Å². The van der Waals surface area contributed by atoms with Crippen LogP contribution in [0.15, 0.2) is 60.7 Å². The highest BCUT2D eigenvalue weighted by molar-refractivity contribution is 5.94. The van der Waals surface area contributed by atoms with Crippen molar-refractivity contribution < 1.29 is 19.1 Å². The summed E-state index contributed by atoms with van der Waals surface area (Å²) in [5, 5.41) is 7.21. The Hall–Kier alpha value is -3.81. The van der Waals surface area contributed by atoms with Crippen molar-refractivity contribution >= 4 is 29.5 Å². The van der Waals surface area contributed by atoms with Crippen LogP contribution >= 0.6 is 0 Å². The van der Waals surface area contributed by atoms with E-state index in [2.05, 4.69) is 23.0 Å². The third kappa shape index (κ3) is 18.6. The summed E-state index contributed by atoms with van der Waals surface area (Å²) in [6.07, 6.45) is 17.1. The Balaban J connectivity index is 1.61. The molecule has 0 saturated heterocycles. The Bertz CT molecular complexity index is 1120. The molecule has 3 amide bonds. The minimum atomic E-state index is -0.329. The highest BCUT2D eigenvalue weighted by Gasteiger charge is 2.16. The molecule has 0 aliphatic carbocycles. The number of carbonyl (C=O) groups is 3. The van der Waals surface area contributed by atoms with Gasteiger partial charge in [-0.25, -0.2) is 0 Å². The molecule has 8 nitrogen and oxygen atoms in total. The van der Waals surface area contributed by atoms with Gasteiger partial charge in [-0.2, -0.15) is 0 Å². The average molecular weight is 621 g/mol. The molecule has 0 heterocycles. The van der Waals surface area contributed by atoms with E-state index < -0.39 is 0 Å². The second-order valence-electron chi connectivity index (χ2n) is 12.0. The minimum absolute atomic E-state index is 0.0763. The van der Waals surface area contributed by atoms with Crippen molar-refractivity contribution in [3.63, 3.8) is 0 Å². The van der Waals surface area contributed by atoms with Gasteiger partial charge in [0.05, 0.1) is 18.8 Å². The molecule has 0 fully saturated rings. The van der Waals surface area contributed by atoms with Crippen molar-refractivity contribution in [3.05, 3.63) is 66.2 Å². The van der Waals surface area contributed by atoms with Gasteiger partial charge in [0.25, 0.3) is 5.91 Å². The van der Waals surface area contributed by atoms with Crippen molar-refractivity contribution in [2.24, 2.45) is 5.92 Å². The fourth-order valence-corrected chi connectivity index (χ4v) is 4.76. The number of benzene rings is 2. The van der Waals surface area contributed by atoms with E-state index in [1.54, 1.807) is 6.08 Å². The smallest absolute Gasteiger partial charge is 0.260 e. The summed E-state index contributed by atoms with van der Waals surface area (Å²) in [6.45, 7) is 7.87. The van der Waals surface area contributed by atoms with Gasteiger partial charge in [-0.05, 0) is 54.7 Å². The number of rotatable bonds is 24. The average Bonchev–Trinajstić information content (AvgIpc) is 3.04. The van der Waals surface area contributed by atoms with Crippen LogP contribution in [0, 0.1) is 5.92 Å². The maximum Gasteiger partial charge on any atom is 0.260 e. The monoisotopic (exact) mass is 620 g/mol. The van der Waals surface area contributed by atoms with Crippen LogP contribution in [-0.2, 0) is 14.4 Å². The molecule has 0 saturated carbocycles. The molecule has 0 aromatic heterocycles. The lowest BCUT2D eigenvalue weighted by molar-refractivity contribution is -0.131. The van der Waals surface area contributed by atoms with Crippen molar-refractivity contribution in [2.45, 2.75) is 97.8 Å². The summed E-state index contributed by atoms with van der Waals surface area (Å²) >= 11 is 0. The van der Waals surface area contributed by atoms with Gasteiger partial charge >= 0.3 is 0 Å². The Morgan fingerprint density at radius 2 is 1.44 bits per heavy atom. The minimum Gasteiger partial charge on any atom is -0.494 e. The van der Waals surface area contributed by atoms with Gasteiger partial charge in [0.2, 0.25) is 11.8 Å². The van der Waals surface area contributed by atoms with E-state index in [9.17, 15) is 14.4 Å². The number of hydrogen-bond acceptors (Lipinski definition) is 5. The van der Waals surface area contributed by atoms with Gasteiger partial charge < -0.3 is 15.4 Å². The summed E-state index contributed by atoms with van der Waals surface area (Å²) < 4.78 is 5.82. The number of hydrazine groups is 1.